The highest BCUT2D eigenvalue weighted by Gasteiger charge is 2.30. The molecule has 0 radical (unpaired) electrons. The van der Waals surface area contributed by atoms with Gasteiger partial charge in [0, 0.05) is 12.2 Å². The molecule has 1 aromatic heterocycles. The van der Waals surface area contributed by atoms with Crippen molar-refractivity contribution in [2.45, 2.75) is 32.4 Å². The third kappa shape index (κ3) is 0.966. The summed E-state index contributed by atoms with van der Waals surface area (Å²) in [6, 6.07) is 2.72. The van der Waals surface area contributed by atoms with E-state index in [-0.39, 0.29) is 6.04 Å². The normalized spacial score (nSPS) is 28.0. The number of hydrogen-bond acceptors (Lipinski definition) is 2. The van der Waals surface area contributed by atoms with Gasteiger partial charge in [0.1, 0.15) is 0 Å². The summed E-state index contributed by atoms with van der Waals surface area (Å²) in [5, 5.41) is 4.29. The van der Waals surface area contributed by atoms with Crippen LogP contribution < -0.4 is 5.73 Å². The molecule has 0 saturated carbocycles. The van der Waals surface area contributed by atoms with Crippen molar-refractivity contribution in [1.29, 1.82) is 0 Å². The van der Waals surface area contributed by atoms with E-state index >= 15 is 0 Å². The van der Waals surface area contributed by atoms with Gasteiger partial charge in [-0.15, -0.1) is 0 Å². The van der Waals surface area contributed by atoms with Crippen molar-refractivity contribution >= 4 is 0 Å². The van der Waals surface area contributed by atoms with Gasteiger partial charge in [0.25, 0.3) is 0 Å². The van der Waals surface area contributed by atoms with Crippen molar-refractivity contribution in [3.8, 4) is 0 Å². The molecule has 0 bridgehead atoms. The highest BCUT2D eigenvalue weighted by molar-refractivity contribution is 5.12. The van der Waals surface area contributed by atoms with Crippen molar-refractivity contribution < 1.29 is 0 Å². The minimum absolute atomic E-state index is 0.194. The molecule has 1 aromatic rings. The molecule has 0 amide bonds. The van der Waals surface area contributed by atoms with Crippen molar-refractivity contribution in [2.24, 2.45) is 11.7 Å². The van der Waals surface area contributed by atoms with Gasteiger partial charge in [-0.2, -0.15) is 5.10 Å². The summed E-state index contributed by atoms with van der Waals surface area (Å²) in [7, 11) is 0. The van der Waals surface area contributed by atoms with Crippen LogP contribution in [0.25, 0.3) is 0 Å². The fraction of sp³-hybridized carbons (Fsp3) is 0.667. The predicted octanol–water partition coefficient (Wildman–Crippen LogP) is 1.48. The Bertz CT molecular complexity index is 277. The maximum atomic E-state index is 5.96. The van der Waals surface area contributed by atoms with Gasteiger partial charge in [-0.25, -0.2) is 0 Å². The molecular formula is C9H15N3. The van der Waals surface area contributed by atoms with Crippen LogP contribution >= 0.6 is 0 Å². The fourth-order valence-electron chi connectivity index (χ4n) is 1.93. The zero-order valence-electron chi connectivity index (χ0n) is 7.57. The average Bonchev–Trinajstić information content (AvgIpc) is 2.53. The Kier molecular flexibility index (Phi) is 1.68. The van der Waals surface area contributed by atoms with Gasteiger partial charge in [-0.3, -0.25) is 4.68 Å². The molecule has 3 nitrogen and oxygen atoms in total. The minimum atomic E-state index is 0.194. The van der Waals surface area contributed by atoms with Crippen LogP contribution in [0, 0.1) is 5.92 Å². The largest absolute Gasteiger partial charge is 0.323 e. The maximum absolute atomic E-state index is 5.96. The second-order valence-corrected chi connectivity index (χ2v) is 3.85. The van der Waals surface area contributed by atoms with Gasteiger partial charge in [0.15, 0.2) is 0 Å². The van der Waals surface area contributed by atoms with E-state index in [0.29, 0.717) is 12.0 Å². The van der Waals surface area contributed by atoms with Crippen LogP contribution in [0.4, 0.5) is 0 Å². The van der Waals surface area contributed by atoms with Gasteiger partial charge in [0.2, 0.25) is 0 Å². The van der Waals surface area contributed by atoms with Crippen LogP contribution in [-0.4, -0.2) is 9.78 Å². The Morgan fingerprint density at radius 2 is 2.42 bits per heavy atom. The summed E-state index contributed by atoms with van der Waals surface area (Å²) in [6.45, 7) is 4.43. The lowest BCUT2D eigenvalue weighted by Crippen LogP contribution is -2.12. The Morgan fingerprint density at radius 1 is 1.67 bits per heavy atom. The Hall–Kier alpha value is -0.830. The van der Waals surface area contributed by atoms with Crippen LogP contribution in [0.15, 0.2) is 12.3 Å². The van der Waals surface area contributed by atoms with Gasteiger partial charge < -0.3 is 5.73 Å². The lowest BCUT2D eigenvalue weighted by atomic mass is 10.0. The summed E-state index contributed by atoms with van der Waals surface area (Å²) < 4.78 is 2.08. The number of rotatable bonds is 1. The summed E-state index contributed by atoms with van der Waals surface area (Å²) in [5.41, 5.74) is 7.15. The maximum Gasteiger partial charge on any atom is 0.0564 e. The first-order valence-corrected chi connectivity index (χ1v) is 4.49. The SMILES string of the molecule is CC(C)C1CC(N)c2ccnn21. The zero-order valence-corrected chi connectivity index (χ0v) is 7.57. The van der Waals surface area contributed by atoms with Gasteiger partial charge in [-0.1, -0.05) is 13.8 Å². The fourth-order valence-corrected chi connectivity index (χ4v) is 1.93. The standard InChI is InChI=1S/C9H15N3/c1-6(2)9-5-7(10)8-3-4-11-12(8)9/h3-4,6-7,9H,5,10H2,1-2H3. The van der Waals surface area contributed by atoms with E-state index in [1.165, 1.54) is 5.69 Å². The second kappa shape index (κ2) is 2.59. The quantitative estimate of drug-likeness (QED) is 0.685. The lowest BCUT2D eigenvalue weighted by molar-refractivity contribution is 0.356. The van der Waals surface area contributed by atoms with Crippen LogP contribution in [0.2, 0.25) is 0 Å². The van der Waals surface area contributed by atoms with E-state index in [1.807, 2.05) is 12.3 Å². The topological polar surface area (TPSA) is 43.8 Å². The summed E-state index contributed by atoms with van der Waals surface area (Å²) in [5.74, 6) is 0.622. The third-order valence-corrected chi connectivity index (χ3v) is 2.66. The number of hydrogen-bond donors (Lipinski definition) is 1. The van der Waals surface area contributed by atoms with Gasteiger partial charge in [-0.05, 0) is 18.4 Å². The zero-order chi connectivity index (χ0) is 8.72. The highest BCUT2D eigenvalue weighted by Crippen LogP contribution is 2.35. The van der Waals surface area contributed by atoms with Crippen LogP contribution in [0.5, 0.6) is 0 Å². The molecule has 2 N–H and O–H groups in total. The van der Waals surface area contributed by atoms with E-state index in [0.717, 1.165) is 6.42 Å². The van der Waals surface area contributed by atoms with E-state index in [4.69, 9.17) is 5.73 Å². The van der Waals surface area contributed by atoms with Crippen molar-refractivity contribution in [3.05, 3.63) is 18.0 Å². The second-order valence-electron chi connectivity index (χ2n) is 3.85. The monoisotopic (exact) mass is 165 g/mol. The van der Waals surface area contributed by atoms with E-state index in [9.17, 15) is 0 Å². The molecule has 1 aliphatic rings. The molecule has 2 unspecified atom stereocenters. The number of fused-ring (bicyclic) bond motifs is 1. The molecule has 3 heteroatoms. The minimum Gasteiger partial charge on any atom is -0.323 e. The highest BCUT2D eigenvalue weighted by atomic mass is 15.3. The van der Waals surface area contributed by atoms with Crippen LogP contribution in [0.1, 0.15) is 38.0 Å². The molecule has 0 spiro atoms. The van der Waals surface area contributed by atoms with Crippen molar-refractivity contribution in [2.75, 3.05) is 0 Å². The first-order chi connectivity index (χ1) is 5.70. The Labute approximate surface area is 72.6 Å². The van der Waals surface area contributed by atoms with E-state index < -0.39 is 0 Å². The van der Waals surface area contributed by atoms with Gasteiger partial charge >= 0.3 is 0 Å². The molecule has 0 aromatic carbocycles. The molecule has 2 atom stereocenters. The van der Waals surface area contributed by atoms with Crippen LogP contribution in [0.3, 0.4) is 0 Å². The lowest BCUT2D eigenvalue weighted by Gasteiger charge is -2.15. The molecule has 2 heterocycles. The van der Waals surface area contributed by atoms with E-state index in [1.54, 1.807) is 0 Å². The third-order valence-electron chi connectivity index (χ3n) is 2.66. The molecule has 12 heavy (non-hydrogen) atoms. The van der Waals surface area contributed by atoms with Gasteiger partial charge in [0.05, 0.1) is 11.7 Å². The molecule has 0 saturated heterocycles. The van der Waals surface area contributed by atoms with Crippen LogP contribution in [-0.2, 0) is 0 Å². The smallest absolute Gasteiger partial charge is 0.0564 e. The molecule has 66 valence electrons. The molecule has 0 aliphatic carbocycles. The first kappa shape index (κ1) is 7.80. The molecule has 1 aliphatic heterocycles. The Morgan fingerprint density at radius 3 is 3.08 bits per heavy atom. The predicted molar refractivity (Wildman–Crippen MR) is 47.6 cm³/mol. The number of aromatic nitrogens is 2. The van der Waals surface area contributed by atoms with Crippen molar-refractivity contribution in [3.63, 3.8) is 0 Å². The summed E-state index contributed by atoms with van der Waals surface area (Å²) in [4.78, 5) is 0. The van der Waals surface area contributed by atoms with Crippen molar-refractivity contribution in [1.82, 2.24) is 9.78 Å². The summed E-state index contributed by atoms with van der Waals surface area (Å²) >= 11 is 0. The summed E-state index contributed by atoms with van der Waals surface area (Å²) in [6.07, 6.45) is 2.88. The molecular weight excluding hydrogens is 150 g/mol. The number of nitrogens with zero attached hydrogens (tertiary/aromatic N) is 2. The average molecular weight is 165 g/mol. The van der Waals surface area contributed by atoms with E-state index in [2.05, 4.69) is 23.6 Å². The molecule has 0 fully saturated rings. The Balaban J connectivity index is 2.35. The number of nitrogens with two attached hydrogens (primary N) is 1. The molecule has 2 rings (SSSR count). The first-order valence-electron chi connectivity index (χ1n) is 4.49.